The van der Waals surface area contributed by atoms with Crippen molar-refractivity contribution in [3.8, 4) is 0 Å². The van der Waals surface area contributed by atoms with Gasteiger partial charge in [-0.05, 0) is 41.3 Å². The molecule has 2 aromatic carbocycles. The molecule has 0 aromatic heterocycles. The van der Waals surface area contributed by atoms with Crippen molar-refractivity contribution in [3.63, 3.8) is 0 Å². The average molecular weight is 340 g/mol. The summed E-state index contributed by atoms with van der Waals surface area (Å²) in [7, 11) is -2.36. The Bertz CT molecular complexity index is 590. The van der Waals surface area contributed by atoms with E-state index in [2.05, 4.69) is 86.8 Å². The second kappa shape index (κ2) is 7.22. The Labute approximate surface area is 147 Å². The Morgan fingerprint density at radius 2 is 1.29 bits per heavy atom. The summed E-state index contributed by atoms with van der Waals surface area (Å²) in [6.45, 7) is 9.16. The maximum absolute atomic E-state index is 7.11. The van der Waals surface area contributed by atoms with Crippen LogP contribution < -0.4 is 15.7 Å². The monoisotopic (exact) mass is 339 g/mol. The van der Waals surface area contributed by atoms with Crippen LogP contribution in [0.5, 0.6) is 0 Å². The van der Waals surface area contributed by atoms with E-state index in [0.29, 0.717) is 6.10 Å². The normalized spacial score (nSPS) is 17.0. The minimum atomic E-state index is -2.36. The van der Waals surface area contributed by atoms with Crippen LogP contribution in [0.25, 0.3) is 0 Å². The smallest absolute Gasteiger partial charge is 0.261 e. The lowest BCUT2D eigenvalue weighted by molar-refractivity contribution is 0.150. The summed E-state index contributed by atoms with van der Waals surface area (Å²) in [4.78, 5) is 0. The largest absolute Gasteiger partial charge is 0.404 e. The molecule has 1 fully saturated rings. The quantitative estimate of drug-likeness (QED) is 0.863. The summed E-state index contributed by atoms with van der Waals surface area (Å²) in [5, 5.41) is 6.28. The van der Waals surface area contributed by atoms with Crippen LogP contribution in [-0.2, 0) is 4.43 Å². The third-order valence-electron chi connectivity index (χ3n) is 5.05. The van der Waals surface area contributed by atoms with E-state index >= 15 is 0 Å². The molecule has 0 amide bonds. The molecule has 1 aliphatic rings. The van der Waals surface area contributed by atoms with Gasteiger partial charge in [-0.15, -0.1) is 0 Å². The van der Waals surface area contributed by atoms with Crippen LogP contribution in [0, 0.1) is 0 Å². The van der Waals surface area contributed by atoms with Gasteiger partial charge in [-0.25, -0.2) is 0 Å². The number of benzene rings is 2. The number of nitrogens with one attached hydrogen (secondary N) is 1. The second-order valence-electron chi connectivity index (χ2n) is 7.73. The van der Waals surface area contributed by atoms with Crippen molar-refractivity contribution in [1.82, 2.24) is 5.32 Å². The van der Waals surface area contributed by atoms with Crippen LogP contribution in [0.1, 0.15) is 33.6 Å². The number of rotatable bonds is 4. The van der Waals surface area contributed by atoms with Crippen molar-refractivity contribution in [3.05, 3.63) is 60.7 Å². The van der Waals surface area contributed by atoms with Gasteiger partial charge in [0.1, 0.15) is 0 Å². The molecule has 0 bridgehead atoms. The van der Waals surface area contributed by atoms with E-state index in [1.54, 1.807) is 0 Å². The van der Waals surface area contributed by atoms with Gasteiger partial charge in [0, 0.05) is 6.10 Å². The fraction of sp³-hybridized carbons (Fsp3) is 0.429. The zero-order valence-corrected chi connectivity index (χ0v) is 16.1. The van der Waals surface area contributed by atoms with Gasteiger partial charge in [0.25, 0.3) is 8.32 Å². The molecule has 1 N–H and O–H groups in total. The molecule has 0 atom stereocenters. The fourth-order valence-electron chi connectivity index (χ4n) is 3.85. The molecule has 0 spiro atoms. The lowest BCUT2D eigenvalue weighted by atomic mass is 10.1. The van der Waals surface area contributed by atoms with Gasteiger partial charge in [-0.2, -0.15) is 0 Å². The van der Waals surface area contributed by atoms with Crippen molar-refractivity contribution in [1.29, 1.82) is 0 Å². The predicted molar refractivity (Wildman–Crippen MR) is 105 cm³/mol. The second-order valence-corrected chi connectivity index (χ2v) is 12.0. The van der Waals surface area contributed by atoms with Crippen molar-refractivity contribution in [2.45, 2.75) is 44.8 Å². The Hall–Kier alpha value is -1.42. The number of piperidine rings is 1. The third-order valence-corrected chi connectivity index (χ3v) is 10.1. The third kappa shape index (κ3) is 3.34. The molecule has 1 heterocycles. The van der Waals surface area contributed by atoms with Crippen molar-refractivity contribution in [2.75, 3.05) is 13.1 Å². The van der Waals surface area contributed by atoms with Crippen LogP contribution in [0.4, 0.5) is 0 Å². The van der Waals surface area contributed by atoms with Crippen LogP contribution in [0.3, 0.4) is 0 Å². The molecular weight excluding hydrogens is 310 g/mol. The maximum atomic E-state index is 7.11. The van der Waals surface area contributed by atoms with Crippen LogP contribution in [0.15, 0.2) is 60.7 Å². The van der Waals surface area contributed by atoms with E-state index in [9.17, 15) is 0 Å². The first kappa shape index (κ1) is 17.4. The van der Waals surface area contributed by atoms with Gasteiger partial charge < -0.3 is 9.74 Å². The summed E-state index contributed by atoms with van der Waals surface area (Å²) >= 11 is 0. The maximum Gasteiger partial charge on any atom is 0.261 e. The molecule has 2 nitrogen and oxygen atoms in total. The molecule has 0 unspecified atom stereocenters. The van der Waals surface area contributed by atoms with Crippen molar-refractivity contribution >= 4 is 18.7 Å². The Morgan fingerprint density at radius 3 is 1.71 bits per heavy atom. The fourth-order valence-corrected chi connectivity index (χ4v) is 8.61. The van der Waals surface area contributed by atoms with Gasteiger partial charge in [0.2, 0.25) is 0 Å². The summed E-state index contributed by atoms with van der Waals surface area (Å²) in [5.74, 6) is 0. The Balaban J connectivity index is 2.13. The summed E-state index contributed by atoms with van der Waals surface area (Å²) in [5.41, 5.74) is 0. The summed E-state index contributed by atoms with van der Waals surface area (Å²) in [6.07, 6.45) is 2.55. The highest BCUT2D eigenvalue weighted by Gasteiger charge is 2.51. The standard InChI is InChI=1S/C21H29NOSi/c1-21(2,3)24(19-10-6-4-7-11-19,20-12-8-5-9-13-20)23-18-14-16-22-17-15-18/h4-13,18,22H,14-17H2,1-3H3. The number of hydrogen-bond acceptors (Lipinski definition) is 2. The average Bonchev–Trinajstić information content (AvgIpc) is 2.61. The van der Waals surface area contributed by atoms with E-state index in [-0.39, 0.29) is 5.04 Å². The SMILES string of the molecule is CC(C)(C)[Si](OC1CCNCC1)(c1ccccc1)c1ccccc1. The zero-order valence-electron chi connectivity index (χ0n) is 15.1. The van der Waals surface area contributed by atoms with E-state index in [1.807, 2.05) is 0 Å². The van der Waals surface area contributed by atoms with E-state index in [1.165, 1.54) is 10.4 Å². The minimum absolute atomic E-state index is 0.0700. The van der Waals surface area contributed by atoms with Crippen molar-refractivity contribution in [2.24, 2.45) is 0 Å². The molecular formula is C21H29NOSi. The van der Waals surface area contributed by atoms with E-state index < -0.39 is 8.32 Å². The Kier molecular flexibility index (Phi) is 5.23. The van der Waals surface area contributed by atoms with Gasteiger partial charge in [-0.3, -0.25) is 0 Å². The van der Waals surface area contributed by atoms with Crippen molar-refractivity contribution < 1.29 is 4.43 Å². The molecule has 0 saturated carbocycles. The molecule has 128 valence electrons. The lowest BCUT2D eigenvalue weighted by Crippen LogP contribution is -2.68. The molecule has 0 radical (unpaired) electrons. The molecule has 0 aliphatic carbocycles. The molecule has 24 heavy (non-hydrogen) atoms. The molecule has 1 aliphatic heterocycles. The molecule has 2 aromatic rings. The minimum Gasteiger partial charge on any atom is -0.404 e. The highest BCUT2D eigenvalue weighted by Crippen LogP contribution is 2.38. The van der Waals surface area contributed by atoms with E-state index in [0.717, 1.165) is 25.9 Å². The molecule has 3 heteroatoms. The first-order chi connectivity index (χ1) is 11.5. The predicted octanol–water partition coefficient (Wildman–Crippen LogP) is 3.32. The van der Waals surface area contributed by atoms with Gasteiger partial charge >= 0.3 is 0 Å². The zero-order chi connectivity index (χ0) is 17.0. The van der Waals surface area contributed by atoms with Crippen LogP contribution >= 0.6 is 0 Å². The van der Waals surface area contributed by atoms with Gasteiger partial charge in [0.05, 0.1) is 0 Å². The molecule has 1 saturated heterocycles. The van der Waals surface area contributed by atoms with Gasteiger partial charge in [-0.1, -0.05) is 81.4 Å². The summed E-state index contributed by atoms with van der Waals surface area (Å²) in [6, 6.07) is 21.9. The Morgan fingerprint density at radius 1 is 0.833 bits per heavy atom. The van der Waals surface area contributed by atoms with Gasteiger partial charge in [0.15, 0.2) is 0 Å². The summed E-state index contributed by atoms with van der Waals surface area (Å²) < 4.78 is 7.11. The van der Waals surface area contributed by atoms with Crippen LogP contribution in [-0.4, -0.2) is 27.5 Å². The topological polar surface area (TPSA) is 21.3 Å². The van der Waals surface area contributed by atoms with Crippen LogP contribution in [0.2, 0.25) is 5.04 Å². The lowest BCUT2D eigenvalue weighted by Gasteiger charge is -2.46. The highest BCUT2D eigenvalue weighted by atomic mass is 28.4. The first-order valence-corrected chi connectivity index (χ1v) is 10.9. The van der Waals surface area contributed by atoms with E-state index in [4.69, 9.17) is 4.43 Å². The highest BCUT2D eigenvalue weighted by molar-refractivity contribution is 6.99. The number of hydrogen-bond donors (Lipinski definition) is 1. The molecule has 3 rings (SSSR count). The first-order valence-electron chi connectivity index (χ1n) is 9.03.